The van der Waals surface area contributed by atoms with E-state index in [0.717, 1.165) is 70.6 Å². The average molecular weight is 985 g/mol. The molecule has 0 spiro atoms. The molecular formula is C55H84O15. The molecule has 2 heterocycles. The molecule has 2 rings (SSSR count). The Morgan fingerprint density at radius 3 is 1.54 bits per heavy atom. The standard InChI is InChI=1S/C55H84O15/c1-3-5-7-9-11-13-15-17-19-20-21-22-24-26-28-30-32-34-36-38-47(58)68-43(40-65-46(57)37-35-33-31-29-27-25-23-18-16-14-12-10-8-6-4-2)41-66-54-53(64)51(62)49(60)45(70-54)42-67-55-52(63)50(61)48(59)44(39-56)69-55/h5-8,10-14,16-19,21-23,26,28,32,34,43-45,48-56,59-64H,3-4,9,15,20,24-25,27,29-31,33,35-42H2,1-2H3/b7-5+,8-6+,12-10+,13-11+,16-14+,19-17+,22-21+,23-18+,28-26+,34-32+/t43-,44+,45+,48-,49-,50?,51?,52?,53?,54+,55+/m1/s1. The maximum Gasteiger partial charge on any atom is 0.306 e. The van der Waals surface area contributed by atoms with Crippen molar-refractivity contribution in [1.29, 1.82) is 0 Å². The Hall–Kier alpha value is -4.10. The van der Waals surface area contributed by atoms with E-state index in [2.05, 4.69) is 80.7 Å². The molecule has 0 amide bonds. The van der Waals surface area contributed by atoms with E-state index in [1.165, 1.54) is 0 Å². The minimum absolute atomic E-state index is 0.0260. The second kappa shape index (κ2) is 40.5. The molecule has 0 radical (unpaired) electrons. The molecular weight excluding hydrogens is 901 g/mol. The SMILES string of the molecule is CC/C=C/C=C/C=C/C=C/CCCCCCCC(=O)OC[C@H](CO[C@H]1O[C@@H](CO[C@H]2O[C@@H](CO)[C@@H](O)C(O)C2O)[C@@H](O)C(O)C1O)OC(=O)CC/C=C/C/C=C/C/C=C/C/C=C/C/C=C/C/C=C/CC. The number of hydrogen-bond acceptors (Lipinski definition) is 15. The van der Waals surface area contributed by atoms with Crippen molar-refractivity contribution in [2.24, 2.45) is 0 Å². The molecule has 2 aliphatic rings. The van der Waals surface area contributed by atoms with Gasteiger partial charge in [-0.15, -0.1) is 0 Å². The highest BCUT2D eigenvalue weighted by Crippen LogP contribution is 2.26. The summed E-state index contributed by atoms with van der Waals surface area (Å²) >= 11 is 0. The van der Waals surface area contributed by atoms with Crippen molar-refractivity contribution in [3.05, 3.63) is 122 Å². The lowest BCUT2D eigenvalue weighted by atomic mass is 9.98. The molecule has 70 heavy (non-hydrogen) atoms. The Kier molecular flexibility index (Phi) is 35.9. The van der Waals surface area contributed by atoms with Crippen molar-refractivity contribution >= 4 is 11.9 Å². The first kappa shape index (κ1) is 62.0. The monoisotopic (exact) mass is 985 g/mol. The van der Waals surface area contributed by atoms with Crippen molar-refractivity contribution < 1.29 is 73.8 Å². The lowest BCUT2D eigenvalue weighted by Crippen LogP contribution is -2.61. The first-order valence-electron chi connectivity index (χ1n) is 25.2. The topological polar surface area (TPSA) is 231 Å². The highest BCUT2D eigenvalue weighted by Gasteiger charge is 2.47. The lowest BCUT2D eigenvalue weighted by Gasteiger charge is -2.42. The molecule has 7 N–H and O–H groups in total. The summed E-state index contributed by atoms with van der Waals surface area (Å²) < 4.78 is 33.4. The summed E-state index contributed by atoms with van der Waals surface area (Å²) in [4.78, 5) is 25.7. The molecule has 0 aromatic carbocycles. The number of unbranched alkanes of at least 4 members (excludes halogenated alkanes) is 5. The molecule has 0 bridgehead atoms. The number of hydrogen-bond donors (Lipinski definition) is 7. The quantitative estimate of drug-likeness (QED) is 0.0146. The van der Waals surface area contributed by atoms with Gasteiger partial charge in [-0.25, -0.2) is 0 Å². The van der Waals surface area contributed by atoms with E-state index in [1.54, 1.807) is 0 Å². The smallest absolute Gasteiger partial charge is 0.306 e. The minimum Gasteiger partial charge on any atom is -0.462 e. The number of aliphatic hydroxyl groups excluding tert-OH is 7. The van der Waals surface area contributed by atoms with Crippen LogP contribution in [-0.4, -0.2) is 142 Å². The van der Waals surface area contributed by atoms with Gasteiger partial charge in [-0.2, -0.15) is 0 Å². The Morgan fingerprint density at radius 2 is 0.957 bits per heavy atom. The van der Waals surface area contributed by atoms with Crippen LogP contribution in [0, 0.1) is 0 Å². The maximum atomic E-state index is 13.0. The van der Waals surface area contributed by atoms with Gasteiger partial charge in [0.05, 0.1) is 19.8 Å². The van der Waals surface area contributed by atoms with Crippen LogP contribution in [0.5, 0.6) is 0 Å². The van der Waals surface area contributed by atoms with Gasteiger partial charge in [0.15, 0.2) is 18.7 Å². The van der Waals surface area contributed by atoms with E-state index in [4.69, 9.17) is 28.4 Å². The van der Waals surface area contributed by atoms with Gasteiger partial charge >= 0.3 is 11.9 Å². The Balaban J connectivity index is 1.87. The van der Waals surface area contributed by atoms with Crippen molar-refractivity contribution in [3.8, 4) is 0 Å². The van der Waals surface area contributed by atoms with Crippen molar-refractivity contribution in [3.63, 3.8) is 0 Å². The fraction of sp³-hybridized carbons (Fsp3) is 0.600. The summed E-state index contributed by atoms with van der Waals surface area (Å²) in [6.07, 6.45) is 36.7. The predicted molar refractivity (Wildman–Crippen MR) is 270 cm³/mol. The molecule has 2 saturated heterocycles. The Labute approximate surface area is 416 Å². The summed E-state index contributed by atoms with van der Waals surface area (Å²) in [5.41, 5.74) is 0. The molecule has 15 nitrogen and oxygen atoms in total. The Bertz CT molecular complexity index is 1680. The molecule has 394 valence electrons. The van der Waals surface area contributed by atoms with Gasteiger partial charge in [-0.1, -0.05) is 155 Å². The normalized spacial score (nSPS) is 26.4. The third kappa shape index (κ3) is 28.1. The number of allylic oxidation sites excluding steroid dienone is 20. The lowest BCUT2D eigenvalue weighted by molar-refractivity contribution is -0.332. The van der Waals surface area contributed by atoms with Crippen molar-refractivity contribution in [2.45, 2.75) is 184 Å². The van der Waals surface area contributed by atoms with E-state index < -0.39 is 99.3 Å². The number of ether oxygens (including phenoxy) is 6. The van der Waals surface area contributed by atoms with E-state index in [0.29, 0.717) is 19.3 Å². The molecule has 0 aromatic heterocycles. The fourth-order valence-corrected chi connectivity index (χ4v) is 6.96. The van der Waals surface area contributed by atoms with Gasteiger partial charge in [-0.05, 0) is 70.6 Å². The maximum absolute atomic E-state index is 13.0. The molecule has 2 aliphatic heterocycles. The molecule has 0 saturated carbocycles. The van der Waals surface area contributed by atoms with Crippen LogP contribution in [0.4, 0.5) is 0 Å². The number of rotatable bonds is 36. The molecule has 0 aliphatic carbocycles. The van der Waals surface area contributed by atoms with Gasteiger partial charge in [0.25, 0.3) is 0 Å². The van der Waals surface area contributed by atoms with Crippen molar-refractivity contribution in [2.75, 3.05) is 26.4 Å². The van der Waals surface area contributed by atoms with Crippen LogP contribution in [0.25, 0.3) is 0 Å². The fourth-order valence-electron chi connectivity index (χ4n) is 6.96. The predicted octanol–water partition coefficient (Wildman–Crippen LogP) is 6.93. The number of esters is 2. The summed E-state index contributed by atoms with van der Waals surface area (Å²) in [5.74, 6) is -1.07. The van der Waals surface area contributed by atoms with E-state index >= 15 is 0 Å². The van der Waals surface area contributed by atoms with Crippen LogP contribution < -0.4 is 0 Å². The number of aliphatic hydroxyl groups is 7. The molecule has 0 aromatic rings. The zero-order valence-corrected chi connectivity index (χ0v) is 41.4. The largest absolute Gasteiger partial charge is 0.462 e. The van der Waals surface area contributed by atoms with Crippen LogP contribution in [0.3, 0.4) is 0 Å². The van der Waals surface area contributed by atoms with Crippen LogP contribution in [0.15, 0.2) is 122 Å². The summed E-state index contributed by atoms with van der Waals surface area (Å²) in [7, 11) is 0. The molecule has 11 atom stereocenters. The zero-order valence-electron chi connectivity index (χ0n) is 41.4. The van der Waals surface area contributed by atoms with E-state index in [-0.39, 0.29) is 19.4 Å². The summed E-state index contributed by atoms with van der Waals surface area (Å²) in [6.45, 7) is 2.19. The highest BCUT2D eigenvalue weighted by atomic mass is 16.7. The van der Waals surface area contributed by atoms with Gasteiger partial charge in [0, 0.05) is 12.8 Å². The molecule has 4 unspecified atom stereocenters. The second-order valence-electron chi connectivity index (χ2n) is 17.0. The first-order valence-corrected chi connectivity index (χ1v) is 25.2. The molecule has 2 fully saturated rings. The summed E-state index contributed by atoms with van der Waals surface area (Å²) in [6, 6.07) is 0. The van der Waals surface area contributed by atoms with Crippen molar-refractivity contribution in [1.82, 2.24) is 0 Å². The first-order chi connectivity index (χ1) is 34.0. The van der Waals surface area contributed by atoms with Gasteiger partial charge in [0.2, 0.25) is 0 Å². The van der Waals surface area contributed by atoms with Crippen LogP contribution in [-0.2, 0) is 38.0 Å². The zero-order chi connectivity index (χ0) is 51.0. The van der Waals surface area contributed by atoms with Gasteiger partial charge in [-0.3, -0.25) is 9.59 Å². The summed E-state index contributed by atoms with van der Waals surface area (Å²) in [5, 5.41) is 72.1. The number of carbonyl (C=O) groups excluding carboxylic acids is 2. The van der Waals surface area contributed by atoms with Crippen LogP contribution in [0.1, 0.15) is 117 Å². The molecule has 15 heteroatoms. The van der Waals surface area contributed by atoms with Crippen LogP contribution in [0.2, 0.25) is 0 Å². The van der Waals surface area contributed by atoms with E-state index in [1.807, 2.05) is 54.7 Å². The third-order valence-corrected chi connectivity index (χ3v) is 11.0. The minimum atomic E-state index is -1.79. The average Bonchev–Trinajstić information content (AvgIpc) is 3.35. The second-order valence-corrected chi connectivity index (χ2v) is 17.0. The Morgan fingerprint density at radius 1 is 0.471 bits per heavy atom. The van der Waals surface area contributed by atoms with Gasteiger partial charge in [0.1, 0.15) is 55.4 Å². The highest BCUT2D eigenvalue weighted by molar-refractivity contribution is 5.70. The van der Waals surface area contributed by atoms with Gasteiger partial charge < -0.3 is 64.2 Å². The van der Waals surface area contributed by atoms with Crippen LogP contribution >= 0.6 is 0 Å². The van der Waals surface area contributed by atoms with E-state index in [9.17, 15) is 45.3 Å². The third-order valence-electron chi connectivity index (χ3n) is 11.0. The number of carbonyl (C=O) groups is 2.